The Labute approximate surface area is 204 Å². The number of fused-ring (bicyclic) bond motifs is 2. The first-order valence-corrected chi connectivity index (χ1v) is 11.8. The lowest BCUT2D eigenvalue weighted by molar-refractivity contribution is 0.0966. The number of amides is 1. The van der Waals surface area contributed by atoms with Crippen LogP contribution in [0.3, 0.4) is 0 Å². The van der Waals surface area contributed by atoms with E-state index in [0.717, 1.165) is 53.3 Å². The van der Waals surface area contributed by atoms with E-state index in [-0.39, 0.29) is 5.91 Å². The highest BCUT2D eigenvalue weighted by Crippen LogP contribution is 2.35. The SMILES string of the molecule is C1CCOC1.CN(C)Cc1cccc(Nc2cnc(-c3ccnc4[nH]ccc34)c3c2C(=O)NC3)n1. The molecule has 9 heteroatoms. The molecule has 1 amide bonds. The van der Waals surface area contributed by atoms with Gasteiger partial charge in [0.05, 0.1) is 28.8 Å². The zero-order valence-corrected chi connectivity index (χ0v) is 20.0. The molecule has 6 rings (SSSR count). The van der Waals surface area contributed by atoms with Crippen molar-refractivity contribution < 1.29 is 9.53 Å². The number of nitrogens with zero attached hydrogens (tertiary/aromatic N) is 4. The Morgan fingerprint density at radius 3 is 2.74 bits per heavy atom. The molecule has 9 nitrogen and oxygen atoms in total. The van der Waals surface area contributed by atoms with E-state index in [2.05, 4.69) is 30.5 Å². The second kappa shape index (κ2) is 10.2. The van der Waals surface area contributed by atoms with Crippen LogP contribution >= 0.6 is 0 Å². The molecule has 3 N–H and O–H groups in total. The number of ether oxygens (including phenoxy) is 1. The van der Waals surface area contributed by atoms with Gasteiger partial charge in [0.1, 0.15) is 11.5 Å². The van der Waals surface area contributed by atoms with Crippen molar-refractivity contribution in [1.29, 1.82) is 0 Å². The molecule has 6 heterocycles. The molecular weight excluding hydrogens is 442 g/mol. The molecular formula is C26H29N7O2. The number of pyridine rings is 3. The number of hydrogen-bond acceptors (Lipinski definition) is 7. The first-order valence-electron chi connectivity index (χ1n) is 11.8. The molecule has 0 aromatic carbocycles. The number of carbonyl (C=O) groups is 1. The van der Waals surface area contributed by atoms with Crippen LogP contribution in [0, 0.1) is 0 Å². The van der Waals surface area contributed by atoms with E-state index in [1.165, 1.54) is 12.8 Å². The van der Waals surface area contributed by atoms with Crippen LogP contribution in [0.5, 0.6) is 0 Å². The molecule has 35 heavy (non-hydrogen) atoms. The predicted octanol–water partition coefficient (Wildman–Crippen LogP) is 3.87. The highest BCUT2D eigenvalue weighted by atomic mass is 16.5. The van der Waals surface area contributed by atoms with Gasteiger partial charge >= 0.3 is 0 Å². The summed E-state index contributed by atoms with van der Waals surface area (Å²) in [6.07, 6.45) is 7.87. The van der Waals surface area contributed by atoms with Crippen LogP contribution in [0.25, 0.3) is 22.3 Å². The second-order valence-corrected chi connectivity index (χ2v) is 8.85. The average Bonchev–Trinajstić information content (AvgIpc) is 3.62. The van der Waals surface area contributed by atoms with Crippen LogP contribution in [0.1, 0.15) is 34.5 Å². The van der Waals surface area contributed by atoms with Crippen LogP contribution in [0.2, 0.25) is 0 Å². The second-order valence-electron chi connectivity index (χ2n) is 8.85. The van der Waals surface area contributed by atoms with Gasteiger partial charge in [0, 0.05) is 55.2 Å². The third-order valence-corrected chi connectivity index (χ3v) is 5.92. The van der Waals surface area contributed by atoms with E-state index in [9.17, 15) is 4.79 Å². The minimum Gasteiger partial charge on any atom is -0.381 e. The van der Waals surface area contributed by atoms with Crippen molar-refractivity contribution in [3.63, 3.8) is 0 Å². The molecule has 1 saturated heterocycles. The number of aromatic amines is 1. The van der Waals surface area contributed by atoms with Gasteiger partial charge in [0.2, 0.25) is 0 Å². The lowest BCUT2D eigenvalue weighted by atomic mass is 10.0. The molecule has 1 fully saturated rings. The Morgan fingerprint density at radius 1 is 1.11 bits per heavy atom. The first kappa shape index (κ1) is 22.9. The van der Waals surface area contributed by atoms with Crippen molar-refractivity contribution >= 4 is 28.4 Å². The van der Waals surface area contributed by atoms with E-state index < -0.39 is 0 Å². The number of hydrogen-bond donors (Lipinski definition) is 3. The Morgan fingerprint density at radius 2 is 1.97 bits per heavy atom. The quantitative estimate of drug-likeness (QED) is 0.406. The van der Waals surface area contributed by atoms with Crippen molar-refractivity contribution in [3.05, 3.63) is 65.7 Å². The van der Waals surface area contributed by atoms with Crippen LogP contribution < -0.4 is 10.6 Å². The number of rotatable bonds is 5. The number of anilines is 2. The van der Waals surface area contributed by atoms with Crippen LogP contribution in [-0.4, -0.2) is 58.1 Å². The fourth-order valence-corrected chi connectivity index (χ4v) is 4.34. The van der Waals surface area contributed by atoms with Gasteiger partial charge in [-0.05, 0) is 51.2 Å². The zero-order chi connectivity index (χ0) is 24.2. The monoisotopic (exact) mass is 471 g/mol. The highest BCUT2D eigenvalue weighted by molar-refractivity contribution is 6.06. The van der Waals surface area contributed by atoms with E-state index in [1.807, 2.05) is 50.6 Å². The summed E-state index contributed by atoms with van der Waals surface area (Å²) in [6.45, 7) is 3.17. The summed E-state index contributed by atoms with van der Waals surface area (Å²) in [4.78, 5) is 31.6. The van der Waals surface area contributed by atoms with Crippen LogP contribution in [0.15, 0.2) is 48.9 Å². The van der Waals surface area contributed by atoms with Gasteiger partial charge in [-0.25, -0.2) is 9.97 Å². The van der Waals surface area contributed by atoms with E-state index in [1.54, 1.807) is 12.4 Å². The number of nitrogens with one attached hydrogen (secondary N) is 3. The van der Waals surface area contributed by atoms with Gasteiger partial charge in [-0.3, -0.25) is 9.78 Å². The maximum Gasteiger partial charge on any atom is 0.254 e. The largest absolute Gasteiger partial charge is 0.381 e. The molecule has 4 aromatic rings. The molecule has 0 saturated carbocycles. The number of carbonyl (C=O) groups excluding carboxylic acids is 1. The van der Waals surface area contributed by atoms with Crippen LogP contribution in [-0.2, 0) is 17.8 Å². The summed E-state index contributed by atoms with van der Waals surface area (Å²) in [7, 11) is 4.00. The normalized spacial score (nSPS) is 14.5. The molecule has 0 atom stereocenters. The summed E-state index contributed by atoms with van der Waals surface area (Å²) in [5, 5.41) is 7.20. The fraction of sp³-hybridized carbons (Fsp3) is 0.308. The summed E-state index contributed by atoms with van der Waals surface area (Å²) < 4.78 is 4.94. The minimum absolute atomic E-state index is 0.111. The van der Waals surface area contributed by atoms with Crippen LogP contribution in [0.4, 0.5) is 11.5 Å². The van der Waals surface area contributed by atoms with Crippen molar-refractivity contribution in [2.75, 3.05) is 32.6 Å². The van der Waals surface area contributed by atoms with E-state index in [4.69, 9.17) is 9.72 Å². The molecule has 0 unspecified atom stereocenters. The molecule has 0 bridgehead atoms. The predicted molar refractivity (Wildman–Crippen MR) is 135 cm³/mol. The average molecular weight is 472 g/mol. The van der Waals surface area contributed by atoms with Crippen molar-refractivity contribution in [1.82, 2.24) is 30.2 Å². The minimum atomic E-state index is -0.111. The van der Waals surface area contributed by atoms with E-state index >= 15 is 0 Å². The molecule has 180 valence electrons. The Bertz CT molecular complexity index is 1340. The summed E-state index contributed by atoms with van der Waals surface area (Å²) >= 11 is 0. The summed E-state index contributed by atoms with van der Waals surface area (Å²) in [6, 6.07) is 9.73. The van der Waals surface area contributed by atoms with Crippen molar-refractivity contribution in [2.45, 2.75) is 25.9 Å². The highest BCUT2D eigenvalue weighted by Gasteiger charge is 2.28. The third-order valence-electron chi connectivity index (χ3n) is 5.92. The van der Waals surface area contributed by atoms with Crippen molar-refractivity contribution in [2.24, 2.45) is 0 Å². The first-order chi connectivity index (χ1) is 17.1. The molecule has 2 aliphatic rings. The summed E-state index contributed by atoms with van der Waals surface area (Å²) in [5.41, 5.74) is 5.62. The Kier molecular flexibility index (Phi) is 6.69. The molecule has 0 radical (unpaired) electrons. The number of aromatic nitrogens is 4. The zero-order valence-electron chi connectivity index (χ0n) is 20.0. The van der Waals surface area contributed by atoms with E-state index in [0.29, 0.717) is 23.6 Å². The molecule has 0 aliphatic carbocycles. The van der Waals surface area contributed by atoms with Crippen molar-refractivity contribution in [3.8, 4) is 11.3 Å². The van der Waals surface area contributed by atoms with Gasteiger partial charge in [0.25, 0.3) is 5.91 Å². The molecule has 0 spiro atoms. The fourth-order valence-electron chi connectivity index (χ4n) is 4.34. The topological polar surface area (TPSA) is 108 Å². The maximum atomic E-state index is 12.7. The van der Waals surface area contributed by atoms with Gasteiger partial charge < -0.3 is 25.3 Å². The van der Waals surface area contributed by atoms with Gasteiger partial charge in [0.15, 0.2) is 0 Å². The van der Waals surface area contributed by atoms with Gasteiger partial charge in [-0.1, -0.05) is 6.07 Å². The lowest BCUT2D eigenvalue weighted by Crippen LogP contribution is -2.14. The lowest BCUT2D eigenvalue weighted by Gasteiger charge is -2.14. The molecule has 2 aliphatic heterocycles. The maximum absolute atomic E-state index is 12.7. The smallest absolute Gasteiger partial charge is 0.254 e. The standard InChI is InChI=1S/C22H21N7O.C4H8O/c1-29(2)12-13-4-3-5-18(27-13)28-17-11-25-20(16-10-26-22(30)19(16)17)14-6-8-23-21-15(14)7-9-24-21;1-2-4-5-3-1/h3-9,11H,10,12H2,1-2H3,(H,23,24)(H,26,30)(H,27,28);1-4H2. The third kappa shape index (κ3) is 5.01. The van der Waals surface area contributed by atoms with Gasteiger partial charge in [-0.2, -0.15) is 0 Å². The summed E-state index contributed by atoms with van der Waals surface area (Å²) in [5.74, 6) is 0.572. The molecule has 4 aromatic heterocycles. The Balaban J connectivity index is 0.000000453. The number of H-pyrrole nitrogens is 1. The Hall–Kier alpha value is -3.82. The van der Waals surface area contributed by atoms with Gasteiger partial charge in [-0.15, -0.1) is 0 Å².